The van der Waals surface area contributed by atoms with Gasteiger partial charge in [-0.15, -0.1) is 11.8 Å². The summed E-state index contributed by atoms with van der Waals surface area (Å²) in [6.45, 7) is 2.44. The third-order valence-electron chi connectivity index (χ3n) is 7.40. The van der Waals surface area contributed by atoms with E-state index in [1.807, 2.05) is 67.6 Å². The van der Waals surface area contributed by atoms with Crippen molar-refractivity contribution in [1.29, 1.82) is 0 Å². The average molecular weight is 688 g/mol. The summed E-state index contributed by atoms with van der Waals surface area (Å²) < 4.78 is 16.3. The molecule has 0 fully saturated rings. The molecule has 10 heteroatoms. The minimum Gasteiger partial charge on any atom is -0.497 e. The van der Waals surface area contributed by atoms with Crippen molar-refractivity contribution >= 4 is 46.9 Å². The largest absolute Gasteiger partial charge is 0.497 e. The van der Waals surface area contributed by atoms with Crippen LogP contribution >= 0.6 is 11.8 Å². The summed E-state index contributed by atoms with van der Waals surface area (Å²) in [5.74, 6) is 0.638. The van der Waals surface area contributed by atoms with Crippen molar-refractivity contribution in [1.82, 2.24) is 5.32 Å². The fourth-order valence-electron chi connectivity index (χ4n) is 4.89. The van der Waals surface area contributed by atoms with Crippen LogP contribution in [0.5, 0.6) is 17.2 Å². The van der Waals surface area contributed by atoms with Gasteiger partial charge in [-0.05, 0) is 84.8 Å². The Kier molecular flexibility index (Phi) is 12.3. The van der Waals surface area contributed by atoms with Gasteiger partial charge in [0.05, 0.1) is 26.5 Å². The number of carbonyl (C=O) groups is 3. The summed E-state index contributed by atoms with van der Waals surface area (Å²) in [5, 5.41) is 8.04. The molecule has 0 heterocycles. The topological polar surface area (TPSA) is 115 Å². The van der Waals surface area contributed by atoms with Gasteiger partial charge in [-0.1, -0.05) is 60.7 Å². The molecule has 9 nitrogen and oxygen atoms in total. The summed E-state index contributed by atoms with van der Waals surface area (Å²) in [6, 6.07) is 37.7. The third-order valence-corrected chi connectivity index (χ3v) is 8.67. The molecule has 0 spiro atoms. The second kappa shape index (κ2) is 17.4. The van der Waals surface area contributed by atoms with E-state index in [0.717, 1.165) is 10.5 Å². The Balaban J connectivity index is 1.33. The SMILES string of the molecule is CCOc1ccc(/C=C(\NC(=O)c2ccccc2)C(=O)Nc2ccc(SC(C(=O)Nc3ccc(OC)cc3OC)c3ccccc3)cc2)cc1. The van der Waals surface area contributed by atoms with E-state index in [9.17, 15) is 14.4 Å². The van der Waals surface area contributed by atoms with Crippen LogP contribution < -0.4 is 30.2 Å². The number of anilines is 2. The van der Waals surface area contributed by atoms with Crippen LogP contribution in [0.25, 0.3) is 6.08 Å². The Morgan fingerprint density at radius 2 is 1.40 bits per heavy atom. The molecule has 5 rings (SSSR count). The van der Waals surface area contributed by atoms with Crippen molar-refractivity contribution in [2.45, 2.75) is 17.1 Å². The van der Waals surface area contributed by atoms with Gasteiger partial charge in [-0.25, -0.2) is 0 Å². The van der Waals surface area contributed by atoms with Crippen LogP contribution in [-0.2, 0) is 9.59 Å². The van der Waals surface area contributed by atoms with E-state index in [1.165, 1.54) is 18.9 Å². The Hall–Kier alpha value is -6.00. The molecule has 0 radical (unpaired) electrons. The van der Waals surface area contributed by atoms with Gasteiger partial charge >= 0.3 is 0 Å². The minimum atomic E-state index is -0.597. The molecule has 0 aliphatic heterocycles. The highest BCUT2D eigenvalue weighted by Gasteiger charge is 2.24. The number of nitrogens with one attached hydrogen (secondary N) is 3. The quantitative estimate of drug-likeness (QED) is 0.0801. The van der Waals surface area contributed by atoms with Gasteiger partial charge in [0.25, 0.3) is 11.8 Å². The summed E-state index contributed by atoms with van der Waals surface area (Å²) in [7, 11) is 3.10. The van der Waals surface area contributed by atoms with Crippen LogP contribution in [0.4, 0.5) is 11.4 Å². The number of hydrogen-bond acceptors (Lipinski definition) is 7. The standard InChI is InChI=1S/C40H37N3O6S/c1-4-49-31-19-15-27(16-20-31)25-35(43-38(44)29-13-9-6-10-14-29)39(45)41-30-17-22-33(23-18-30)50-37(28-11-7-5-8-12-28)40(46)42-34-24-21-32(47-2)26-36(34)48-3/h5-26,37H,4H2,1-3H3,(H,41,45)(H,42,46)(H,43,44)/b35-25-. The maximum Gasteiger partial charge on any atom is 0.272 e. The van der Waals surface area contributed by atoms with Crippen molar-refractivity contribution in [2.75, 3.05) is 31.5 Å². The highest BCUT2D eigenvalue weighted by atomic mass is 32.2. The minimum absolute atomic E-state index is 0.0660. The molecule has 0 aliphatic rings. The number of rotatable bonds is 14. The zero-order valence-corrected chi connectivity index (χ0v) is 28.7. The van der Waals surface area contributed by atoms with Crippen LogP contribution in [0, 0.1) is 0 Å². The first-order valence-corrected chi connectivity index (χ1v) is 16.7. The van der Waals surface area contributed by atoms with E-state index in [2.05, 4.69) is 16.0 Å². The lowest BCUT2D eigenvalue weighted by Crippen LogP contribution is -2.30. The Bertz CT molecular complexity index is 1930. The fourth-order valence-corrected chi connectivity index (χ4v) is 5.91. The molecular formula is C40H37N3O6S. The van der Waals surface area contributed by atoms with Crippen LogP contribution in [0.15, 0.2) is 138 Å². The monoisotopic (exact) mass is 687 g/mol. The number of carbonyl (C=O) groups excluding carboxylic acids is 3. The highest BCUT2D eigenvalue weighted by Crippen LogP contribution is 2.38. The first-order chi connectivity index (χ1) is 24.4. The predicted octanol–water partition coefficient (Wildman–Crippen LogP) is 7.98. The smallest absolute Gasteiger partial charge is 0.272 e. The lowest BCUT2D eigenvalue weighted by molar-refractivity contribution is -0.116. The lowest BCUT2D eigenvalue weighted by atomic mass is 10.1. The zero-order chi connectivity index (χ0) is 35.3. The average Bonchev–Trinajstić information content (AvgIpc) is 3.15. The zero-order valence-electron chi connectivity index (χ0n) is 27.8. The van der Waals surface area contributed by atoms with E-state index in [4.69, 9.17) is 14.2 Å². The Morgan fingerprint density at radius 1 is 0.740 bits per heavy atom. The summed E-state index contributed by atoms with van der Waals surface area (Å²) in [4.78, 5) is 41.1. The fraction of sp³-hybridized carbons (Fsp3) is 0.125. The molecule has 0 bridgehead atoms. The van der Waals surface area contributed by atoms with Crippen molar-refractivity contribution in [3.63, 3.8) is 0 Å². The highest BCUT2D eigenvalue weighted by molar-refractivity contribution is 8.00. The number of methoxy groups -OCH3 is 2. The van der Waals surface area contributed by atoms with Gasteiger partial charge in [0.2, 0.25) is 5.91 Å². The normalized spacial score (nSPS) is 11.5. The molecule has 0 saturated heterocycles. The second-order valence-electron chi connectivity index (χ2n) is 10.8. The van der Waals surface area contributed by atoms with Gasteiger partial charge in [-0.2, -0.15) is 0 Å². The molecule has 3 amide bonds. The van der Waals surface area contributed by atoms with Crippen LogP contribution in [0.3, 0.4) is 0 Å². The van der Waals surface area contributed by atoms with Crippen LogP contribution in [0.2, 0.25) is 0 Å². The van der Waals surface area contributed by atoms with E-state index in [-0.39, 0.29) is 11.6 Å². The predicted molar refractivity (Wildman–Crippen MR) is 198 cm³/mol. The van der Waals surface area contributed by atoms with Gasteiger partial charge < -0.3 is 30.2 Å². The molecular weight excluding hydrogens is 651 g/mol. The van der Waals surface area contributed by atoms with Gasteiger partial charge in [0.1, 0.15) is 28.2 Å². The molecule has 50 heavy (non-hydrogen) atoms. The van der Waals surface area contributed by atoms with Crippen LogP contribution in [-0.4, -0.2) is 38.5 Å². The maximum atomic E-state index is 13.7. The number of ether oxygens (including phenoxy) is 3. The van der Waals surface area contributed by atoms with Gasteiger partial charge in [0, 0.05) is 22.2 Å². The first kappa shape index (κ1) is 35.3. The molecule has 5 aromatic carbocycles. The summed E-state index contributed by atoms with van der Waals surface area (Å²) >= 11 is 1.37. The van der Waals surface area contributed by atoms with Crippen molar-refractivity contribution in [2.24, 2.45) is 0 Å². The molecule has 0 saturated carbocycles. The molecule has 254 valence electrons. The van der Waals surface area contributed by atoms with E-state index < -0.39 is 17.1 Å². The summed E-state index contributed by atoms with van der Waals surface area (Å²) in [5.41, 5.74) is 3.04. The number of hydrogen-bond donors (Lipinski definition) is 3. The second-order valence-corrected chi connectivity index (χ2v) is 12.0. The van der Waals surface area contributed by atoms with E-state index >= 15 is 0 Å². The maximum absolute atomic E-state index is 13.7. The van der Waals surface area contributed by atoms with Gasteiger partial charge in [-0.3, -0.25) is 14.4 Å². The summed E-state index contributed by atoms with van der Waals surface area (Å²) in [6.07, 6.45) is 1.61. The van der Waals surface area contributed by atoms with Crippen molar-refractivity contribution in [3.05, 3.63) is 150 Å². The van der Waals surface area contributed by atoms with E-state index in [1.54, 1.807) is 79.9 Å². The number of thioether (sulfide) groups is 1. The molecule has 0 aromatic heterocycles. The Labute approximate surface area is 295 Å². The number of amides is 3. The van der Waals surface area contributed by atoms with Crippen molar-refractivity contribution in [3.8, 4) is 17.2 Å². The van der Waals surface area contributed by atoms with Crippen molar-refractivity contribution < 1.29 is 28.6 Å². The molecule has 3 N–H and O–H groups in total. The molecule has 0 aliphatic carbocycles. The third kappa shape index (κ3) is 9.55. The first-order valence-electron chi connectivity index (χ1n) is 15.8. The lowest BCUT2D eigenvalue weighted by Gasteiger charge is -2.19. The number of benzene rings is 5. The van der Waals surface area contributed by atoms with E-state index in [0.29, 0.717) is 46.4 Å². The van der Waals surface area contributed by atoms with Crippen LogP contribution in [0.1, 0.15) is 33.7 Å². The van der Waals surface area contributed by atoms with Gasteiger partial charge in [0.15, 0.2) is 0 Å². The molecule has 1 unspecified atom stereocenters. The molecule has 1 atom stereocenters. The molecule has 5 aromatic rings. The Morgan fingerprint density at radius 3 is 2.04 bits per heavy atom.